The van der Waals surface area contributed by atoms with Crippen LogP contribution < -0.4 is 0 Å². The van der Waals surface area contributed by atoms with E-state index in [1.807, 2.05) is 42.5 Å². The lowest BCUT2D eigenvalue weighted by molar-refractivity contribution is 0.0657. The Bertz CT molecular complexity index is 967. The maximum absolute atomic E-state index is 12.3. The molecule has 1 aromatic heterocycles. The Morgan fingerprint density at radius 2 is 1.56 bits per heavy atom. The van der Waals surface area contributed by atoms with Crippen LogP contribution in [0.5, 0.6) is 0 Å². The van der Waals surface area contributed by atoms with E-state index in [4.69, 9.17) is 0 Å². The van der Waals surface area contributed by atoms with E-state index >= 15 is 0 Å². The van der Waals surface area contributed by atoms with Crippen LogP contribution in [0.2, 0.25) is 0 Å². The Hall–Kier alpha value is -3.27. The number of rotatable bonds is 4. The third-order valence-corrected chi connectivity index (χ3v) is 4.38. The highest BCUT2D eigenvalue weighted by Crippen LogP contribution is 2.23. The molecule has 0 bridgehead atoms. The van der Waals surface area contributed by atoms with Crippen LogP contribution in [-0.4, -0.2) is 28.2 Å². The van der Waals surface area contributed by atoms with Crippen molar-refractivity contribution in [1.82, 2.24) is 9.88 Å². The molecule has 2 amide bonds. The lowest BCUT2D eigenvalue weighted by Gasteiger charge is -2.11. The average molecular weight is 328 g/mol. The van der Waals surface area contributed by atoms with Gasteiger partial charge in [0.05, 0.1) is 16.6 Å². The number of fused-ring (bicyclic) bond motifs is 2. The van der Waals surface area contributed by atoms with E-state index in [9.17, 15) is 9.59 Å². The number of hydrogen-bond acceptors (Lipinski definition) is 3. The number of amides is 2. The molecule has 0 aliphatic carbocycles. The highest BCUT2D eigenvalue weighted by atomic mass is 16.2. The number of carbonyl (C=O) groups is 2. The first-order valence-corrected chi connectivity index (χ1v) is 8.21. The molecule has 2 heterocycles. The first-order chi connectivity index (χ1) is 12.3. The van der Waals surface area contributed by atoms with Gasteiger partial charge in [-0.1, -0.05) is 42.5 Å². The van der Waals surface area contributed by atoms with Crippen molar-refractivity contribution in [3.63, 3.8) is 0 Å². The Morgan fingerprint density at radius 3 is 2.32 bits per heavy atom. The molecule has 2 aromatic carbocycles. The smallest absolute Gasteiger partial charge is 0.261 e. The largest absolute Gasteiger partial charge is 0.274 e. The zero-order valence-corrected chi connectivity index (χ0v) is 13.6. The van der Waals surface area contributed by atoms with Crippen molar-refractivity contribution in [3.8, 4) is 0 Å². The van der Waals surface area contributed by atoms with Crippen molar-refractivity contribution >= 4 is 28.8 Å². The van der Waals surface area contributed by atoms with E-state index in [2.05, 4.69) is 4.98 Å². The van der Waals surface area contributed by atoms with Crippen molar-refractivity contribution in [3.05, 3.63) is 83.6 Å². The zero-order chi connectivity index (χ0) is 17.2. The number of hydrogen-bond donors (Lipinski definition) is 0. The van der Waals surface area contributed by atoms with Gasteiger partial charge in [0.25, 0.3) is 11.8 Å². The molecule has 0 radical (unpaired) electrons. The molecule has 0 unspecified atom stereocenters. The third kappa shape index (κ3) is 2.72. The number of aromatic nitrogens is 1. The lowest BCUT2D eigenvalue weighted by atomic mass is 10.1. The Morgan fingerprint density at radius 1 is 0.880 bits per heavy atom. The van der Waals surface area contributed by atoms with E-state index in [0.29, 0.717) is 24.1 Å². The van der Waals surface area contributed by atoms with Gasteiger partial charge >= 0.3 is 0 Å². The second-order valence-corrected chi connectivity index (χ2v) is 5.92. The summed E-state index contributed by atoms with van der Waals surface area (Å²) in [6, 6.07) is 16.9. The molecule has 0 N–H and O–H groups in total. The normalized spacial score (nSPS) is 13.8. The number of imide groups is 1. The minimum Gasteiger partial charge on any atom is -0.274 e. The van der Waals surface area contributed by atoms with Crippen molar-refractivity contribution < 1.29 is 9.59 Å². The third-order valence-electron chi connectivity index (χ3n) is 4.38. The van der Waals surface area contributed by atoms with Crippen molar-refractivity contribution in [1.29, 1.82) is 0 Å². The minimum absolute atomic E-state index is 0.205. The van der Waals surface area contributed by atoms with Crippen LogP contribution in [-0.2, 0) is 0 Å². The monoisotopic (exact) mass is 328 g/mol. The minimum atomic E-state index is -0.205. The molecule has 0 spiro atoms. The molecule has 122 valence electrons. The van der Waals surface area contributed by atoms with Crippen LogP contribution in [0.3, 0.4) is 0 Å². The summed E-state index contributed by atoms with van der Waals surface area (Å²) in [5.74, 6) is -0.410. The van der Waals surface area contributed by atoms with Gasteiger partial charge in [0, 0.05) is 18.1 Å². The highest BCUT2D eigenvalue weighted by molar-refractivity contribution is 6.21. The van der Waals surface area contributed by atoms with Gasteiger partial charge in [-0.25, -0.2) is 0 Å². The van der Waals surface area contributed by atoms with Gasteiger partial charge in [0.15, 0.2) is 0 Å². The van der Waals surface area contributed by atoms with E-state index in [0.717, 1.165) is 16.5 Å². The van der Waals surface area contributed by atoms with Crippen LogP contribution in [0, 0.1) is 0 Å². The summed E-state index contributed by atoms with van der Waals surface area (Å²) < 4.78 is 0. The molecule has 4 rings (SSSR count). The molecule has 1 aliphatic rings. The summed E-state index contributed by atoms with van der Waals surface area (Å²) >= 11 is 0. The topological polar surface area (TPSA) is 50.3 Å². The zero-order valence-electron chi connectivity index (χ0n) is 13.6. The predicted octanol–water partition coefficient (Wildman–Crippen LogP) is 3.93. The molecule has 0 saturated carbocycles. The predicted molar refractivity (Wildman–Crippen MR) is 97.2 cm³/mol. The van der Waals surface area contributed by atoms with E-state index in [1.165, 1.54) is 4.90 Å². The number of benzene rings is 2. The average Bonchev–Trinajstić information content (AvgIpc) is 2.90. The number of pyridine rings is 1. The van der Waals surface area contributed by atoms with E-state index in [-0.39, 0.29) is 11.8 Å². The van der Waals surface area contributed by atoms with Crippen LogP contribution in [0.1, 0.15) is 32.7 Å². The molecule has 3 aromatic rings. The molecule has 4 heteroatoms. The van der Waals surface area contributed by atoms with Gasteiger partial charge in [0.2, 0.25) is 0 Å². The number of nitrogens with zero attached hydrogens (tertiary/aromatic N) is 2. The van der Waals surface area contributed by atoms with Crippen molar-refractivity contribution in [2.45, 2.75) is 6.42 Å². The van der Waals surface area contributed by atoms with Crippen molar-refractivity contribution in [2.75, 3.05) is 6.54 Å². The first kappa shape index (κ1) is 15.3. The molecule has 1 aliphatic heterocycles. The summed E-state index contributed by atoms with van der Waals surface area (Å²) in [4.78, 5) is 30.3. The SMILES string of the molecule is O=C1c2ccccc2C(=O)N1CC/C=C/c1ccnc2ccccc12. The van der Waals surface area contributed by atoms with Gasteiger partial charge in [-0.3, -0.25) is 19.5 Å². The summed E-state index contributed by atoms with van der Waals surface area (Å²) in [5.41, 5.74) is 3.02. The van der Waals surface area contributed by atoms with Gasteiger partial charge in [-0.2, -0.15) is 0 Å². The number of para-hydroxylation sites is 1. The standard InChI is InChI=1S/C21H16N2O2/c24-20-17-9-1-2-10-18(17)21(25)23(20)14-6-5-7-15-12-13-22-19-11-4-3-8-16(15)19/h1-5,7-13H,6,14H2/b7-5+. The fraction of sp³-hybridized carbons (Fsp3) is 0.0952. The molecule has 4 nitrogen and oxygen atoms in total. The van der Waals surface area contributed by atoms with Crippen LogP contribution in [0.15, 0.2) is 66.9 Å². The number of carbonyl (C=O) groups excluding carboxylic acids is 2. The summed E-state index contributed by atoms with van der Waals surface area (Å²) in [6.45, 7) is 0.381. The second kappa shape index (κ2) is 6.32. The van der Waals surface area contributed by atoms with Gasteiger partial charge in [0.1, 0.15) is 0 Å². The van der Waals surface area contributed by atoms with Gasteiger partial charge in [-0.15, -0.1) is 0 Å². The van der Waals surface area contributed by atoms with Crippen LogP contribution in [0.25, 0.3) is 17.0 Å². The van der Waals surface area contributed by atoms with E-state index in [1.54, 1.807) is 30.5 Å². The Balaban J connectivity index is 1.47. The molecular formula is C21H16N2O2. The fourth-order valence-corrected chi connectivity index (χ4v) is 3.12. The molecule has 25 heavy (non-hydrogen) atoms. The maximum atomic E-state index is 12.3. The first-order valence-electron chi connectivity index (χ1n) is 8.21. The lowest BCUT2D eigenvalue weighted by Crippen LogP contribution is -2.30. The fourth-order valence-electron chi connectivity index (χ4n) is 3.12. The molecule has 0 atom stereocenters. The van der Waals surface area contributed by atoms with Crippen molar-refractivity contribution in [2.24, 2.45) is 0 Å². The summed E-state index contributed by atoms with van der Waals surface area (Å²) in [6.07, 6.45) is 6.40. The second-order valence-electron chi connectivity index (χ2n) is 5.92. The van der Waals surface area contributed by atoms with Gasteiger partial charge < -0.3 is 0 Å². The molecule has 0 fully saturated rings. The Kier molecular flexibility index (Phi) is 3.86. The van der Waals surface area contributed by atoms with E-state index < -0.39 is 0 Å². The quantitative estimate of drug-likeness (QED) is 0.682. The summed E-state index contributed by atoms with van der Waals surface area (Å²) in [5, 5.41) is 1.09. The maximum Gasteiger partial charge on any atom is 0.261 e. The highest BCUT2D eigenvalue weighted by Gasteiger charge is 2.34. The van der Waals surface area contributed by atoms with Crippen LogP contribution >= 0.6 is 0 Å². The molecule has 0 saturated heterocycles. The Labute approximate surface area is 145 Å². The van der Waals surface area contributed by atoms with Gasteiger partial charge in [-0.05, 0) is 36.2 Å². The molecular weight excluding hydrogens is 312 g/mol. The van der Waals surface area contributed by atoms with Crippen LogP contribution in [0.4, 0.5) is 0 Å². The summed E-state index contributed by atoms with van der Waals surface area (Å²) in [7, 11) is 0.